The molecule has 1 unspecified atom stereocenters. The van der Waals surface area contributed by atoms with Crippen molar-refractivity contribution < 1.29 is 42.9 Å². The zero-order chi connectivity index (χ0) is 37.9. The van der Waals surface area contributed by atoms with Crippen molar-refractivity contribution >= 4 is 40.6 Å². The van der Waals surface area contributed by atoms with Crippen LogP contribution in [-0.4, -0.2) is 89.6 Å². The molecule has 6 rings (SSSR count). The summed E-state index contributed by atoms with van der Waals surface area (Å²) >= 11 is 0. The Bertz CT molecular complexity index is 1920. The van der Waals surface area contributed by atoms with Crippen LogP contribution in [0.15, 0.2) is 66.7 Å². The molecular weight excluding hydrogens is 680 g/mol. The average Bonchev–Trinajstić information content (AvgIpc) is 3.66. The van der Waals surface area contributed by atoms with E-state index in [9.17, 15) is 24.0 Å². The topological polar surface area (TPSA) is 162 Å². The summed E-state index contributed by atoms with van der Waals surface area (Å²) in [6.07, 6.45) is 3.20. The number of ether oxygens (including phenoxy) is 4. The van der Waals surface area contributed by atoms with Gasteiger partial charge >= 0.3 is 12.1 Å². The first-order valence-corrected chi connectivity index (χ1v) is 17.9. The van der Waals surface area contributed by atoms with Crippen LogP contribution in [0.4, 0.5) is 4.79 Å². The van der Waals surface area contributed by atoms with E-state index in [1.807, 2.05) is 60.7 Å². The molecule has 3 aromatic rings. The highest BCUT2D eigenvalue weighted by Gasteiger charge is 2.62. The number of aromatic nitrogens is 1. The van der Waals surface area contributed by atoms with Gasteiger partial charge in [-0.2, -0.15) is 0 Å². The molecule has 13 nitrogen and oxygen atoms in total. The van der Waals surface area contributed by atoms with Crippen molar-refractivity contribution in [1.29, 1.82) is 0 Å². The first kappa shape index (κ1) is 37.3. The van der Waals surface area contributed by atoms with Crippen LogP contribution in [0.3, 0.4) is 0 Å². The number of carbonyl (C=O) groups is 5. The summed E-state index contributed by atoms with van der Waals surface area (Å²) in [6.45, 7) is 5.09. The number of nitrogens with one attached hydrogen (secondary N) is 2. The standard InChI is InChI=1S/C40H46N4O9/c1-39(2,3)53-38(49)42-30-18-15-26(45)14-10-9-13-25-22-40(25,37(48)51-5)43-35(46)33-20-28(23-44(33)36(30)47)52-34-21-31(24-11-7-6-8-12-24)41-32-19-27(50-4)16-17-29(32)34/h6-9,11-13,16-17,19,21,25,28,30,33H,10,14-15,18,20,22-23H2,1-5H3,(H,42,49)(H,43,46)/b13-9-/t25-,28?,30+,33+,40-/m1/s1. The van der Waals surface area contributed by atoms with E-state index in [0.717, 1.165) is 5.56 Å². The fourth-order valence-electron chi connectivity index (χ4n) is 6.99. The number of hydrogen-bond donors (Lipinski definition) is 2. The molecule has 13 heteroatoms. The largest absolute Gasteiger partial charge is 0.497 e. The van der Waals surface area contributed by atoms with Crippen molar-refractivity contribution in [2.24, 2.45) is 5.92 Å². The van der Waals surface area contributed by atoms with Gasteiger partial charge in [0.2, 0.25) is 11.8 Å². The fourth-order valence-corrected chi connectivity index (χ4v) is 6.99. The molecule has 1 saturated carbocycles. The Balaban J connectivity index is 1.36. The van der Waals surface area contributed by atoms with E-state index in [4.69, 9.17) is 23.9 Å². The van der Waals surface area contributed by atoms with Crippen LogP contribution < -0.4 is 20.1 Å². The minimum atomic E-state index is -1.31. The molecular formula is C40H46N4O9. The van der Waals surface area contributed by atoms with E-state index >= 15 is 0 Å². The number of Topliss-reactive ketones (excluding diaryl/α,β-unsaturated/α-hetero) is 1. The number of hydrogen-bond acceptors (Lipinski definition) is 10. The summed E-state index contributed by atoms with van der Waals surface area (Å²) in [5, 5.41) is 6.27. The molecule has 1 aliphatic carbocycles. The van der Waals surface area contributed by atoms with Crippen molar-refractivity contribution in [3.8, 4) is 22.8 Å². The van der Waals surface area contributed by atoms with Crippen molar-refractivity contribution in [3.63, 3.8) is 0 Å². The summed E-state index contributed by atoms with van der Waals surface area (Å²) in [6, 6.07) is 14.6. The molecule has 0 spiro atoms. The molecule has 0 radical (unpaired) electrons. The van der Waals surface area contributed by atoms with Gasteiger partial charge in [0.05, 0.1) is 32.0 Å². The molecule has 2 N–H and O–H groups in total. The van der Waals surface area contributed by atoms with Crippen LogP contribution in [0.1, 0.15) is 59.3 Å². The molecule has 2 aromatic carbocycles. The maximum Gasteiger partial charge on any atom is 0.408 e. The number of methoxy groups -OCH3 is 2. The van der Waals surface area contributed by atoms with Crippen LogP contribution in [-0.2, 0) is 28.7 Å². The summed E-state index contributed by atoms with van der Waals surface area (Å²) in [7, 11) is 2.84. The van der Waals surface area contributed by atoms with Gasteiger partial charge in [-0.05, 0) is 52.2 Å². The minimum absolute atomic E-state index is 0.00295. The van der Waals surface area contributed by atoms with Crippen molar-refractivity contribution in [2.75, 3.05) is 20.8 Å². The number of nitrogens with zero attached hydrogens (tertiary/aromatic N) is 2. The van der Waals surface area contributed by atoms with Crippen molar-refractivity contribution in [3.05, 3.63) is 66.7 Å². The molecule has 2 aliphatic heterocycles. The summed E-state index contributed by atoms with van der Waals surface area (Å²) < 4.78 is 22.7. The Hall–Kier alpha value is -5.46. The average molecular weight is 727 g/mol. The van der Waals surface area contributed by atoms with Gasteiger partial charge in [0, 0.05) is 48.3 Å². The second-order valence-electron chi connectivity index (χ2n) is 14.7. The second kappa shape index (κ2) is 15.3. The van der Waals surface area contributed by atoms with Gasteiger partial charge in [0.25, 0.3) is 0 Å². The number of fused-ring (bicyclic) bond motifs is 3. The minimum Gasteiger partial charge on any atom is -0.497 e. The Morgan fingerprint density at radius 2 is 1.79 bits per heavy atom. The number of rotatable bonds is 6. The zero-order valence-corrected chi connectivity index (χ0v) is 30.7. The Morgan fingerprint density at radius 3 is 2.51 bits per heavy atom. The van der Waals surface area contributed by atoms with Crippen LogP contribution in [0.5, 0.6) is 11.5 Å². The number of carbonyl (C=O) groups excluding carboxylic acids is 5. The fraction of sp³-hybridized carbons (Fsp3) is 0.450. The lowest BCUT2D eigenvalue weighted by Crippen LogP contribution is -2.56. The molecule has 2 fully saturated rings. The predicted molar refractivity (Wildman–Crippen MR) is 195 cm³/mol. The summed E-state index contributed by atoms with van der Waals surface area (Å²) in [5.74, 6) is -1.04. The van der Waals surface area contributed by atoms with Crippen LogP contribution in [0.25, 0.3) is 22.2 Å². The molecule has 3 amide bonds. The lowest BCUT2D eigenvalue weighted by Gasteiger charge is -2.30. The molecule has 5 atom stereocenters. The molecule has 3 aliphatic rings. The van der Waals surface area contributed by atoms with Crippen molar-refractivity contribution in [2.45, 2.75) is 88.6 Å². The van der Waals surface area contributed by atoms with Gasteiger partial charge in [-0.3, -0.25) is 14.4 Å². The highest BCUT2D eigenvalue weighted by molar-refractivity contribution is 5.97. The van der Waals surface area contributed by atoms with Gasteiger partial charge in [-0.25, -0.2) is 14.6 Å². The Morgan fingerprint density at radius 1 is 1.02 bits per heavy atom. The maximum absolute atomic E-state index is 14.5. The maximum atomic E-state index is 14.5. The van der Waals surface area contributed by atoms with Gasteiger partial charge in [-0.1, -0.05) is 42.5 Å². The number of benzene rings is 2. The van der Waals surface area contributed by atoms with E-state index in [-0.39, 0.29) is 43.9 Å². The Kier molecular flexibility index (Phi) is 10.7. The van der Waals surface area contributed by atoms with Crippen LogP contribution in [0.2, 0.25) is 0 Å². The third kappa shape index (κ3) is 8.45. The molecule has 0 bridgehead atoms. The number of ketones is 1. The Labute approximate surface area is 308 Å². The summed E-state index contributed by atoms with van der Waals surface area (Å²) in [4.78, 5) is 74.0. The van der Waals surface area contributed by atoms with Gasteiger partial charge in [0.15, 0.2) is 0 Å². The van der Waals surface area contributed by atoms with Gasteiger partial charge < -0.3 is 34.5 Å². The van der Waals surface area contributed by atoms with E-state index in [1.165, 1.54) is 12.0 Å². The zero-order valence-electron chi connectivity index (χ0n) is 30.7. The number of esters is 1. The third-order valence-electron chi connectivity index (χ3n) is 9.76. The number of allylic oxidation sites excluding steroid dienone is 1. The normalized spacial score (nSPS) is 25.5. The predicted octanol–water partition coefficient (Wildman–Crippen LogP) is 4.90. The highest BCUT2D eigenvalue weighted by Crippen LogP contribution is 2.46. The van der Waals surface area contributed by atoms with E-state index < -0.39 is 53.2 Å². The van der Waals surface area contributed by atoms with E-state index in [2.05, 4.69) is 10.6 Å². The summed E-state index contributed by atoms with van der Waals surface area (Å²) in [5.41, 5.74) is -0.00591. The molecule has 280 valence electrons. The third-order valence-corrected chi connectivity index (χ3v) is 9.76. The SMILES string of the molecule is COC(=O)[C@@]12C[C@H]1/C=C\CCC(=O)CC[C@H](NC(=O)OC(C)(C)C)C(=O)N1CC(Oc3cc(-c4ccccc4)nc4cc(OC)ccc34)C[C@H]1C(=O)N2. The number of alkyl carbamates (subject to hydrolysis) is 1. The van der Waals surface area contributed by atoms with Crippen molar-refractivity contribution in [1.82, 2.24) is 20.5 Å². The first-order valence-electron chi connectivity index (χ1n) is 17.9. The molecule has 1 aromatic heterocycles. The number of amides is 3. The van der Waals surface area contributed by atoms with E-state index in [0.29, 0.717) is 40.9 Å². The monoisotopic (exact) mass is 726 g/mol. The van der Waals surface area contributed by atoms with E-state index in [1.54, 1.807) is 33.9 Å². The number of pyridine rings is 1. The molecule has 1 saturated heterocycles. The quantitative estimate of drug-likeness (QED) is 0.264. The van der Waals surface area contributed by atoms with Gasteiger partial charge in [0.1, 0.15) is 46.6 Å². The lowest BCUT2D eigenvalue weighted by molar-refractivity contribution is -0.148. The highest BCUT2D eigenvalue weighted by atomic mass is 16.6. The van der Waals surface area contributed by atoms with Crippen LogP contribution in [0, 0.1) is 5.92 Å². The molecule has 53 heavy (non-hydrogen) atoms. The second-order valence-corrected chi connectivity index (χ2v) is 14.7. The molecule has 3 heterocycles. The van der Waals surface area contributed by atoms with Crippen LogP contribution >= 0.6 is 0 Å². The lowest BCUT2D eigenvalue weighted by atomic mass is 10.0. The first-order chi connectivity index (χ1) is 25.3. The smallest absolute Gasteiger partial charge is 0.408 e. The van der Waals surface area contributed by atoms with Gasteiger partial charge in [-0.15, -0.1) is 0 Å².